The first-order valence-corrected chi connectivity index (χ1v) is 9.95. The van der Waals surface area contributed by atoms with Crippen molar-refractivity contribution in [2.45, 2.75) is 13.5 Å². The maximum Gasteiger partial charge on any atom is 0.344 e. The Hall–Kier alpha value is -3.03. The SMILES string of the molecule is COc1ccc(OC)c(-c2c(C)c3ccc(O)c(C[NH+]4CCOCC4)c3oc2=O)c1. The second-order valence-corrected chi connectivity index (χ2v) is 7.43. The molecular formula is C23H26NO6+. The van der Waals surface area contributed by atoms with E-state index in [1.165, 1.54) is 4.90 Å². The molecule has 0 amide bonds. The average molecular weight is 412 g/mol. The molecule has 2 N–H and O–H groups in total. The zero-order valence-electron chi connectivity index (χ0n) is 17.4. The molecule has 1 aliphatic rings. The number of morpholine rings is 1. The zero-order chi connectivity index (χ0) is 21.3. The van der Waals surface area contributed by atoms with Gasteiger partial charge in [0.25, 0.3) is 0 Å². The molecule has 158 valence electrons. The Kier molecular flexibility index (Phi) is 5.65. The first kappa shape index (κ1) is 20.3. The van der Waals surface area contributed by atoms with Crippen LogP contribution in [0.25, 0.3) is 22.1 Å². The smallest absolute Gasteiger partial charge is 0.344 e. The highest BCUT2D eigenvalue weighted by Gasteiger charge is 2.23. The summed E-state index contributed by atoms with van der Waals surface area (Å²) in [7, 11) is 3.13. The largest absolute Gasteiger partial charge is 0.507 e. The van der Waals surface area contributed by atoms with Gasteiger partial charge in [0.2, 0.25) is 0 Å². The summed E-state index contributed by atoms with van der Waals surface area (Å²) in [6.07, 6.45) is 0. The highest BCUT2D eigenvalue weighted by Crippen LogP contribution is 2.37. The Bertz CT molecular complexity index is 1130. The molecule has 0 aliphatic carbocycles. The fourth-order valence-electron chi connectivity index (χ4n) is 4.04. The number of fused-ring (bicyclic) bond motifs is 1. The van der Waals surface area contributed by atoms with Crippen molar-refractivity contribution in [2.75, 3.05) is 40.5 Å². The van der Waals surface area contributed by atoms with Gasteiger partial charge in [-0.25, -0.2) is 4.79 Å². The maximum absolute atomic E-state index is 13.1. The van der Waals surface area contributed by atoms with Crippen LogP contribution >= 0.6 is 0 Å². The molecule has 30 heavy (non-hydrogen) atoms. The number of hydrogen-bond donors (Lipinski definition) is 2. The molecular weight excluding hydrogens is 386 g/mol. The second kappa shape index (κ2) is 8.38. The highest BCUT2D eigenvalue weighted by molar-refractivity contribution is 5.90. The van der Waals surface area contributed by atoms with E-state index in [0.717, 1.165) is 24.0 Å². The van der Waals surface area contributed by atoms with Crippen LogP contribution in [0, 0.1) is 6.92 Å². The number of aryl methyl sites for hydroxylation is 1. The Morgan fingerprint density at radius 3 is 2.57 bits per heavy atom. The van der Waals surface area contributed by atoms with Gasteiger partial charge in [0, 0.05) is 10.9 Å². The summed E-state index contributed by atoms with van der Waals surface area (Å²) in [6, 6.07) is 8.76. The molecule has 2 aromatic carbocycles. The Morgan fingerprint density at radius 2 is 1.87 bits per heavy atom. The van der Waals surface area contributed by atoms with Crippen LogP contribution in [0.15, 0.2) is 39.5 Å². The molecule has 7 heteroatoms. The van der Waals surface area contributed by atoms with E-state index in [-0.39, 0.29) is 5.75 Å². The van der Waals surface area contributed by atoms with Crippen LogP contribution in [0.2, 0.25) is 0 Å². The van der Waals surface area contributed by atoms with Crippen LogP contribution in [0.1, 0.15) is 11.1 Å². The molecule has 1 aliphatic heterocycles. The lowest BCUT2D eigenvalue weighted by atomic mass is 9.97. The number of hydrogen-bond acceptors (Lipinski definition) is 6. The lowest BCUT2D eigenvalue weighted by Gasteiger charge is -2.24. The van der Waals surface area contributed by atoms with Crippen LogP contribution in [0.4, 0.5) is 0 Å². The summed E-state index contributed by atoms with van der Waals surface area (Å²) in [6.45, 7) is 5.51. The van der Waals surface area contributed by atoms with E-state index in [9.17, 15) is 9.90 Å². The summed E-state index contributed by atoms with van der Waals surface area (Å²) < 4.78 is 22.0. The molecule has 0 unspecified atom stereocenters. The normalized spacial score (nSPS) is 14.8. The van der Waals surface area contributed by atoms with Crippen molar-refractivity contribution in [2.24, 2.45) is 0 Å². The van der Waals surface area contributed by atoms with Crippen LogP contribution in [-0.4, -0.2) is 45.6 Å². The number of aromatic hydroxyl groups is 1. The first-order valence-electron chi connectivity index (χ1n) is 9.95. The van der Waals surface area contributed by atoms with Crippen LogP contribution in [0.3, 0.4) is 0 Å². The van der Waals surface area contributed by atoms with Gasteiger partial charge in [0.15, 0.2) is 5.58 Å². The molecule has 2 heterocycles. The standard InChI is InChI=1S/C23H25NO6/c1-14-16-5-6-19(25)18(13-24-8-10-29-11-9-24)22(16)30-23(26)21(14)17-12-15(27-2)4-7-20(17)28-3/h4-7,12,25H,8-11,13H2,1-3H3/p+1. The van der Waals surface area contributed by atoms with E-state index in [4.69, 9.17) is 18.6 Å². The molecule has 1 aromatic heterocycles. The predicted molar refractivity (Wildman–Crippen MR) is 113 cm³/mol. The van der Waals surface area contributed by atoms with Crippen molar-refractivity contribution in [3.05, 3.63) is 51.9 Å². The molecule has 1 saturated heterocycles. The van der Waals surface area contributed by atoms with Gasteiger partial charge < -0.3 is 28.6 Å². The van der Waals surface area contributed by atoms with Crippen molar-refractivity contribution in [1.29, 1.82) is 0 Å². The van der Waals surface area contributed by atoms with Gasteiger partial charge in [-0.15, -0.1) is 0 Å². The van der Waals surface area contributed by atoms with Gasteiger partial charge in [0.1, 0.15) is 36.9 Å². The van der Waals surface area contributed by atoms with E-state index in [0.29, 0.717) is 53.5 Å². The van der Waals surface area contributed by atoms with E-state index < -0.39 is 5.63 Å². The molecule has 1 fully saturated rings. The Labute approximate surface area is 174 Å². The van der Waals surface area contributed by atoms with Crippen molar-refractivity contribution in [3.8, 4) is 28.4 Å². The summed E-state index contributed by atoms with van der Waals surface area (Å²) in [4.78, 5) is 14.4. The monoisotopic (exact) mass is 412 g/mol. The van der Waals surface area contributed by atoms with Gasteiger partial charge in [-0.1, -0.05) is 0 Å². The average Bonchev–Trinajstić information content (AvgIpc) is 2.76. The first-order chi connectivity index (χ1) is 14.5. The zero-order valence-corrected chi connectivity index (χ0v) is 17.4. The van der Waals surface area contributed by atoms with Gasteiger partial charge in [-0.2, -0.15) is 0 Å². The van der Waals surface area contributed by atoms with Crippen LogP contribution in [0.5, 0.6) is 17.2 Å². The van der Waals surface area contributed by atoms with Gasteiger partial charge in [-0.05, 0) is 42.8 Å². The number of quaternary nitrogens is 1. The van der Waals surface area contributed by atoms with Crippen LogP contribution < -0.4 is 20.0 Å². The Morgan fingerprint density at radius 1 is 1.10 bits per heavy atom. The Balaban J connectivity index is 1.89. The van der Waals surface area contributed by atoms with E-state index >= 15 is 0 Å². The van der Waals surface area contributed by atoms with Crippen molar-refractivity contribution in [3.63, 3.8) is 0 Å². The molecule has 0 radical (unpaired) electrons. The van der Waals surface area contributed by atoms with E-state index in [2.05, 4.69) is 0 Å². The summed E-state index contributed by atoms with van der Waals surface area (Å²) in [5, 5.41) is 11.3. The number of rotatable bonds is 5. The van der Waals surface area contributed by atoms with E-state index in [1.807, 2.05) is 6.92 Å². The van der Waals surface area contributed by atoms with Gasteiger partial charge in [0.05, 0.1) is 38.6 Å². The summed E-state index contributed by atoms with van der Waals surface area (Å²) in [5.41, 5.74) is 2.41. The van der Waals surface area contributed by atoms with Gasteiger partial charge >= 0.3 is 5.63 Å². The lowest BCUT2D eigenvalue weighted by Crippen LogP contribution is -3.12. The molecule has 0 bridgehead atoms. The van der Waals surface area contributed by atoms with Crippen molar-refractivity contribution < 1.29 is 28.6 Å². The molecule has 0 spiro atoms. The van der Waals surface area contributed by atoms with E-state index in [1.54, 1.807) is 44.6 Å². The third-order valence-electron chi connectivity index (χ3n) is 5.72. The minimum Gasteiger partial charge on any atom is -0.507 e. The number of ether oxygens (including phenoxy) is 3. The molecule has 4 rings (SSSR count). The molecule has 3 aromatic rings. The maximum atomic E-state index is 13.1. The number of nitrogens with one attached hydrogen (secondary N) is 1. The number of phenolic OH excluding ortho intramolecular Hbond substituents is 1. The molecule has 7 nitrogen and oxygen atoms in total. The number of benzene rings is 2. The quantitative estimate of drug-likeness (QED) is 0.623. The summed E-state index contributed by atoms with van der Waals surface area (Å²) >= 11 is 0. The number of phenols is 1. The predicted octanol–water partition coefficient (Wildman–Crippen LogP) is 1.91. The molecule has 0 atom stereocenters. The topological polar surface area (TPSA) is 82.6 Å². The minimum absolute atomic E-state index is 0.135. The third kappa shape index (κ3) is 3.62. The highest BCUT2D eigenvalue weighted by atomic mass is 16.5. The molecule has 0 saturated carbocycles. The second-order valence-electron chi connectivity index (χ2n) is 7.43. The lowest BCUT2D eigenvalue weighted by molar-refractivity contribution is -0.921. The number of methoxy groups -OCH3 is 2. The van der Waals surface area contributed by atoms with Gasteiger partial charge in [-0.3, -0.25) is 0 Å². The van der Waals surface area contributed by atoms with Crippen molar-refractivity contribution >= 4 is 11.0 Å². The van der Waals surface area contributed by atoms with Crippen molar-refractivity contribution in [1.82, 2.24) is 0 Å². The fourth-order valence-corrected chi connectivity index (χ4v) is 4.04. The third-order valence-corrected chi connectivity index (χ3v) is 5.72. The minimum atomic E-state index is -0.476. The fraction of sp³-hybridized carbons (Fsp3) is 0.348. The van der Waals surface area contributed by atoms with Crippen LogP contribution in [-0.2, 0) is 11.3 Å². The summed E-state index contributed by atoms with van der Waals surface area (Å²) in [5.74, 6) is 1.31.